The number of carbonyl (C=O) groups is 2. The molecule has 7 heteroatoms. The second kappa shape index (κ2) is 4.31. The molecule has 0 aliphatic heterocycles. The molecule has 1 rings (SSSR count). The SMILES string of the molecule is CC(=O)NS(=O)(=O)c1cccc(C(=O)O)c1. The van der Waals surface area contributed by atoms with Crippen molar-refractivity contribution in [1.29, 1.82) is 0 Å². The zero-order chi connectivity index (χ0) is 12.3. The van der Waals surface area contributed by atoms with Crippen molar-refractivity contribution < 1.29 is 23.1 Å². The molecule has 86 valence electrons. The minimum Gasteiger partial charge on any atom is -0.478 e. The van der Waals surface area contributed by atoms with E-state index in [0.717, 1.165) is 13.0 Å². The van der Waals surface area contributed by atoms with Gasteiger partial charge in [-0.15, -0.1) is 0 Å². The number of carboxylic acid groups (broad SMARTS) is 1. The largest absolute Gasteiger partial charge is 0.478 e. The first-order valence-corrected chi connectivity index (χ1v) is 5.68. The third-order valence-corrected chi connectivity index (χ3v) is 3.10. The highest BCUT2D eigenvalue weighted by Crippen LogP contribution is 2.11. The van der Waals surface area contributed by atoms with Gasteiger partial charge in [0.05, 0.1) is 10.5 Å². The van der Waals surface area contributed by atoms with Gasteiger partial charge in [-0.05, 0) is 18.2 Å². The van der Waals surface area contributed by atoms with Crippen molar-refractivity contribution in [3.05, 3.63) is 29.8 Å². The first-order valence-electron chi connectivity index (χ1n) is 4.19. The smallest absolute Gasteiger partial charge is 0.335 e. The van der Waals surface area contributed by atoms with E-state index in [0.29, 0.717) is 0 Å². The molecular weight excluding hydrogens is 234 g/mol. The molecule has 1 aromatic rings. The van der Waals surface area contributed by atoms with E-state index < -0.39 is 21.9 Å². The molecule has 0 radical (unpaired) electrons. The topological polar surface area (TPSA) is 101 Å². The van der Waals surface area contributed by atoms with E-state index in [9.17, 15) is 18.0 Å². The monoisotopic (exact) mass is 243 g/mol. The summed E-state index contributed by atoms with van der Waals surface area (Å²) in [5.74, 6) is -1.97. The molecule has 0 saturated heterocycles. The molecule has 0 spiro atoms. The Balaban J connectivity index is 3.19. The Bertz CT molecular complexity index is 535. The van der Waals surface area contributed by atoms with Crippen molar-refractivity contribution in [3.8, 4) is 0 Å². The molecule has 0 unspecified atom stereocenters. The summed E-state index contributed by atoms with van der Waals surface area (Å²) in [4.78, 5) is 21.0. The minimum atomic E-state index is -3.98. The summed E-state index contributed by atoms with van der Waals surface area (Å²) >= 11 is 0. The van der Waals surface area contributed by atoms with Gasteiger partial charge < -0.3 is 5.11 Å². The van der Waals surface area contributed by atoms with Crippen molar-refractivity contribution in [3.63, 3.8) is 0 Å². The van der Waals surface area contributed by atoms with Gasteiger partial charge in [0, 0.05) is 6.92 Å². The zero-order valence-corrected chi connectivity index (χ0v) is 9.11. The van der Waals surface area contributed by atoms with Gasteiger partial charge in [-0.3, -0.25) is 4.79 Å². The average Bonchev–Trinajstić information content (AvgIpc) is 2.16. The van der Waals surface area contributed by atoms with Crippen LogP contribution in [0.3, 0.4) is 0 Å². The first kappa shape index (κ1) is 12.2. The highest BCUT2D eigenvalue weighted by Gasteiger charge is 2.16. The molecule has 1 aromatic carbocycles. The van der Waals surface area contributed by atoms with Crippen molar-refractivity contribution in [2.24, 2.45) is 0 Å². The van der Waals surface area contributed by atoms with E-state index in [1.54, 1.807) is 4.72 Å². The zero-order valence-electron chi connectivity index (χ0n) is 8.30. The van der Waals surface area contributed by atoms with Crippen LogP contribution in [-0.4, -0.2) is 25.4 Å². The van der Waals surface area contributed by atoms with E-state index >= 15 is 0 Å². The quantitative estimate of drug-likeness (QED) is 0.790. The fraction of sp³-hybridized carbons (Fsp3) is 0.111. The van der Waals surface area contributed by atoms with Crippen LogP contribution in [0.4, 0.5) is 0 Å². The van der Waals surface area contributed by atoms with Gasteiger partial charge in [0.15, 0.2) is 0 Å². The van der Waals surface area contributed by atoms with Gasteiger partial charge in [0.1, 0.15) is 0 Å². The maximum atomic E-state index is 11.5. The summed E-state index contributed by atoms with van der Waals surface area (Å²) in [5.41, 5.74) is -0.161. The molecular formula is C9H9NO5S. The van der Waals surface area contributed by atoms with Crippen LogP contribution in [0, 0.1) is 0 Å². The van der Waals surface area contributed by atoms with Gasteiger partial charge >= 0.3 is 5.97 Å². The molecule has 0 heterocycles. The van der Waals surface area contributed by atoms with E-state index in [-0.39, 0.29) is 10.5 Å². The Labute approximate surface area is 92.0 Å². The fourth-order valence-electron chi connectivity index (χ4n) is 1.04. The lowest BCUT2D eigenvalue weighted by atomic mass is 10.2. The second-order valence-corrected chi connectivity index (χ2v) is 4.68. The van der Waals surface area contributed by atoms with Crippen LogP contribution in [0.1, 0.15) is 17.3 Å². The molecule has 6 nitrogen and oxygen atoms in total. The standard InChI is InChI=1S/C9H9NO5S/c1-6(11)10-16(14,15)8-4-2-3-7(5-8)9(12)13/h2-5H,1H3,(H,10,11)(H,12,13). The van der Waals surface area contributed by atoms with Gasteiger partial charge in [-0.25, -0.2) is 17.9 Å². The second-order valence-electron chi connectivity index (χ2n) is 2.99. The maximum Gasteiger partial charge on any atom is 0.335 e. The third-order valence-electron chi connectivity index (χ3n) is 1.67. The van der Waals surface area contributed by atoms with E-state index in [2.05, 4.69) is 0 Å². The van der Waals surface area contributed by atoms with Crippen molar-refractivity contribution in [2.75, 3.05) is 0 Å². The van der Waals surface area contributed by atoms with E-state index in [4.69, 9.17) is 5.11 Å². The summed E-state index contributed by atoms with van der Waals surface area (Å²) in [6, 6.07) is 4.73. The number of rotatable bonds is 3. The molecule has 0 atom stereocenters. The van der Waals surface area contributed by atoms with Gasteiger partial charge in [0.25, 0.3) is 10.0 Å². The van der Waals surface area contributed by atoms with Crippen LogP contribution in [0.15, 0.2) is 29.2 Å². The van der Waals surface area contributed by atoms with Gasteiger partial charge in [-0.1, -0.05) is 6.07 Å². The number of hydrogen-bond donors (Lipinski definition) is 2. The number of nitrogens with one attached hydrogen (secondary N) is 1. The number of carboxylic acids is 1. The fourth-order valence-corrected chi connectivity index (χ4v) is 2.08. The first-order chi connectivity index (χ1) is 7.33. The number of aromatic carboxylic acids is 1. The highest BCUT2D eigenvalue weighted by atomic mass is 32.2. The Morgan fingerprint density at radius 3 is 2.44 bits per heavy atom. The van der Waals surface area contributed by atoms with E-state index in [1.165, 1.54) is 18.2 Å². The van der Waals surface area contributed by atoms with Crippen LogP contribution in [0.25, 0.3) is 0 Å². The summed E-state index contributed by atoms with van der Waals surface area (Å²) in [5, 5.41) is 8.67. The van der Waals surface area contributed by atoms with Crippen LogP contribution in [0.5, 0.6) is 0 Å². The number of carbonyl (C=O) groups excluding carboxylic acids is 1. The summed E-state index contributed by atoms with van der Waals surface area (Å²) < 4.78 is 24.7. The Morgan fingerprint density at radius 1 is 1.31 bits per heavy atom. The predicted octanol–water partition coefficient (Wildman–Crippen LogP) is 0.210. The number of hydrogen-bond acceptors (Lipinski definition) is 4. The van der Waals surface area contributed by atoms with Crippen molar-refractivity contribution in [2.45, 2.75) is 11.8 Å². The lowest BCUT2D eigenvalue weighted by Crippen LogP contribution is -2.28. The Morgan fingerprint density at radius 2 is 1.94 bits per heavy atom. The lowest BCUT2D eigenvalue weighted by molar-refractivity contribution is -0.117. The summed E-state index contributed by atoms with van der Waals surface area (Å²) in [6.45, 7) is 1.05. The normalized spacial score (nSPS) is 10.8. The Hall–Kier alpha value is -1.89. The van der Waals surface area contributed by atoms with Crippen molar-refractivity contribution in [1.82, 2.24) is 4.72 Å². The van der Waals surface area contributed by atoms with Crippen LogP contribution in [0.2, 0.25) is 0 Å². The summed E-state index contributed by atoms with van der Waals surface area (Å²) in [7, 11) is -3.98. The number of amides is 1. The van der Waals surface area contributed by atoms with Crippen LogP contribution >= 0.6 is 0 Å². The average molecular weight is 243 g/mol. The van der Waals surface area contributed by atoms with E-state index in [1.807, 2.05) is 0 Å². The third kappa shape index (κ3) is 2.80. The van der Waals surface area contributed by atoms with Crippen molar-refractivity contribution >= 4 is 21.9 Å². The molecule has 0 aromatic heterocycles. The molecule has 0 aliphatic carbocycles. The Kier molecular flexibility index (Phi) is 3.28. The maximum absolute atomic E-state index is 11.5. The molecule has 0 bridgehead atoms. The molecule has 16 heavy (non-hydrogen) atoms. The highest BCUT2D eigenvalue weighted by molar-refractivity contribution is 7.90. The molecule has 2 N–H and O–H groups in total. The van der Waals surface area contributed by atoms with Crippen LogP contribution < -0.4 is 4.72 Å². The molecule has 0 saturated carbocycles. The number of benzene rings is 1. The summed E-state index contributed by atoms with van der Waals surface area (Å²) in [6.07, 6.45) is 0. The minimum absolute atomic E-state index is 0.161. The van der Waals surface area contributed by atoms with Crippen LogP contribution in [-0.2, 0) is 14.8 Å². The van der Waals surface area contributed by atoms with Gasteiger partial charge in [-0.2, -0.15) is 0 Å². The molecule has 1 amide bonds. The van der Waals surface area contributed by atoms with Gasteiger partial charge in [0.2, 0.25) is 5.91 Å². The molecule has 0 aliphatic rings. The predicted molar refractivity (Wildman–Crippen MR) is 54.4 cm³/mol. The lowest BCUT2D eigenvalue weighted by Gasteiger charge is -2.04. The number of sulfonamides is 1. The molecule has 0 fully saturated rings.